The zero-order chi connectivity index (χ0) is 15.2. The van der Waals surface area contributed by atoms with Crippen molar-refractivity contribution in [3.8, 4) is 0 Å². The molecule has 2 N–H and O–H groups in total. The molecule has 0 radical (unpaired) electrons. The fourth-order valence-electron chi connectivity index (χ4n) is 1.85. The van der Waals surface area contributed by atoms with Gasteiger partial charge in [-0.05, 0) is 35.3 Å². The summed E-state index contributed by atoms with van der Waals surface area (Å²) >= 11 is 5.53. The number of pyridine rings is 1. The van der Waals surface area contributed by atoms with Crippen LogP contribution in [0.1, 0.15) is 16.1 Å². The van der Waals surface area contributed by atoms with Gasteiger partial charge in [0.05, 0.1) is 11.6 Å². The van der Waals surface area contributed by atoms with E-state index < -0.39 is 7.12 Å². The molecule has 0 amide bonds. The van der Waals surface area contributed by atoms with Gasteiger partial charge >= 0.3 is 7.12 Å². The number of carbonyl (C=O) groups is 1. The van der Waals surface area contributed by atoms with E-state index in [-0.39, 0.29) is 0 Å². The van der Waals surface area contributed by atoms with Gasteiger partial charge in [0.15, 0.2) is 6.29 Å². The Hall–Kier alpha value is -1.89. The number of halogens is 1. The van der Waals surface area contributed by atoms with Crippen molar-refractivity contribution in [1.29, 1.82) is 0 Å². The Morgan fingerprint density at radius 3 is 2.90 bits per heavy atom. The minimum Gasteiger partial charge on any atom is -0.423 e. The summed E-state index contributed by atoms with van der Waals surface area (Å²) in [6.45, 7) is 0.514. The molecule has 3 rings (SSSR count). The SMILES string of the molecule is CNc1ccc2c(c1)B(O)OC2.O=Cc1ncccc1Cl. The highest BCUT2D eigenvalue weighted by Crippen LogP contribution is 2.13. The maximum absolute atomic E-state index is 10.1. The van der Waals surface area contributed by atoms with Crippen LogP contribution in [0.4, 0.5) is 5.69 Å². The summed E-state index contributed by atoms with van der Waals surface area (Å²) < 4.78 is 5.05. The standard InChI is InChI=1S/C8H10BNO2.C6H4ClNO/c1-10-7-3-2-6-5-12-9(11)8(6)4-7;7-5-2-1-3-8-6(5)4-9/h2-4,10-11H,5H2,1H3;1-4H. The summed E-state index contributed by atoms with van der Waals surface area (Å²) in [6.07, 6.45) is 2.15. The molecule has 0 saturated heterocycles. The number of aromatic nitrogens is 1. The zero-order valence-electron chi connectivity index (χ0n) is 11.4. The van der Waals surface area contributed by atoms with Gasteiger partial charge in [0.1, 0.15) is 5.69 Å². The quantitative estimate of drug-likeness (QED) is 0.650. The van der Waals surface area contributed by atoms with Crippen molar-refractivity contribution in [3.05, 3.63) is 52.8 Å². The molecule has 2 aromatic rings. The van der Waals surface area contributed by atoms with Gasteiger partial charge in [-0.15, -0.1) is 0 Å². The molecule has 0 unspecified atom stereocenters. The predicted molar refractivity (Wildman–Crippen MR) is 83.0 cm³/mol. The summed E-state index contributed by atoms with van der Waals surface area (Å²) in [5.74, 6) is 0. The molecular weight excluding hydrogens is 290 g/mol. The Morgan fingerprint density at radius 1 is 1.48 bits per heavy atom. The molecule has 0 saturated carbocycles. The van der Waals surface area contributed by atoms with Crippen molar-refractivity contribution < 1.29 is 14.5 Å². The normalized spacial score (nSPS) is 12.2. The van der Waals surface area contributed by atoms with E-state index in [1.54, 1.807) is 12.1 Å². The predicted octanol–water partition coefficient (Wildman–Crippen LogP) is 1.49. The van der Waals surface area contributed by atoms with Crippen molar-refractivity contribution in [3.63, 3.8) is 0 Å². The Morgan fingerprint density at radius 2 is 2.29 bits per heavy atom. The van der Waals surface area contributed by atoms with E-state index in [1.165, 1.54) is 6.20 Å². The number of fused-ring (bicyclic) bond motifs is 1. The van der Waals surface area contributed by atoms with Crippen molar-refractivity contribution in [1.82, 2.24) is 4.98 Å². The largest absolute Gasteiger partial charge is 0.491 e. The van der Waals surface area contributed by atoms with E-state index in [0.717, 1.165) is 16.7 Å². The van der Waals surface area contributed by atoms with Crippen molar-refractivity contribution in [2.75, 3.05) is 12.4 Å². The molecule has 5 nitrogen and oxygen atoms in total. The summed E-state index contributed by atoms with van der Waals surface area (Å²) in [5, 5.41) is 12.8. The van der Waals surface area contributed by atoms with Gasteiger partial charge in [-0.1, -0.05) is 17.7 Å². The smallest absolute Gasteiger partial charge is 0.423 e. The van der Waals surface area contributed by atoms with Crippen LogP contribution in [0.3, 0.4) is 0 Å². The number of nitrogens with one attached hydrogen (secondary N) is 1. The van der Waals surface area contributed by atoms with E-state index in [9.17, 15) is 9.82 Å². The van der Waals surface area contributed by atoms with Crippen LogP contribution in [0.5, 0.6) is 0 Å². The lowest BCUT2D eigenvalue weighted by Crippen LogP contribution is -2.28. The lowest BCUT2D eigenvalue weighted by Gasteiger charge is -2.02. The van der Waals surface area contributed by atoms with Gasteiger partial charge in [-0.2, -0.15) is 0 Å². The van der Waals surface area contributed by atoms with Gasteiger partial charge in [0.2, 0.25) is 0 Å². The molecule has 0 spiro atoms. The number of benzene rings is 1. The van der Waals surface area contributed by atoms with E-state index in [0.29, 0.717) is 23.6 Å². The fraction of sp³-hybridized carbons (Fsp3) is 0.143. The molecule has 1 aromatic heterocycles. The molecule has 2 heterocycles. The summed E-state index contributed by atoms with van der Waals surface area (Å²) in [6, 6.07) is 9.15. The molecule has 21 heavy (non-hydrogen) atoms. The second-order valence-electron chi connectivity index (χ2n) is 4.32. The molecule has 1 aliphatic heterocycles. The summed E-state index contributed by atoms with van der Waals surface area (Å²) in [5.41, 5.74) is 3.24. The van der Waals surface area contributed by atoms with Gasteiger partial charge in [-0.3, -0.25) is 9.78 Å². The van der Waals surface area contributed by atoms with Crippen LogP contribution in [-0.2, 0) is 11.3 Å². The van der Waals surface area contributed by atoms with Crippen molar-refractivity contribution in [2.45, 2.75) is 6.61 Å². The second-order valence-corrected chi connectivity index (χ2v) is 4.72. The fourth-order valence-corrected chi connectivity index (χ4v) is 2.02. The summed E-state index contributed by atoms with van der Waals surface area (Å²) in [4.78, 5) is 13.8. The van der Waals surface area contributed by atoms with E-state index in [4.69, 9.17) is 16.3 Å². The lowest BCUT2D eigenvalue weighted by molar-refractivity contribution is 0.111. The highest BCUT2D eigenvalue weighted by Gasteiger charge is 2.26. The maximum Gasteiger partial charge on any atom is 0.491 e. The van der Waals surface area contributed by atoms with Crippen LogP contribution >= 0.6 is 11.6 Å². The average Bonchev–Trinajstić information content (AvgIpc) is 2.89. The van der Waals surface area contributed by atoms with Crippen LogP contribution in [-0.4, -0.2) is 30.5 Å². The number of hydrogen-bond acceptors (Lipinski definition) is 5. The number of anilines is 1. The Balaban J connectivity index is 0.000000161. The number of hydrogen-bond donors (Lipinski definition) is 2. The van der Waals surface area contributed by atoms with E-state index in [2.05, 4.69) is 10.3 Å². The van der Waals surface area contributed by atoms with Crippen LogP contribution in [0.15, 0.2) is 36.5 Å². The highest BCUT2D eigenvalue weighted by molar-refractivity contribution is 6.61. The maximum atomic E-state index is 10.1. The molecule has 0 atom stereocenters. The first-order chi connectivity index (χ1) is 10.2. The molecule has 1 aliphatic rings. The van der Waals surface area contributed by atoms with Crippen LogP contribution < -0.4 is 10.8 Å². The summed E-state index contributed by atoms with van der Waals surface area (Å²) in [7, 11) is 1.11. The van der Waals surface area contributed by atoms with Crippen LogP contribution in [0.2, 0.25) is 5.02 Å². The third-order valence-corrected chi connectivity index (χ3v) is 3.32. The minimum absolute atomic E-state index is 0.291. The second kappa shape index (κ2) is 7.22. The molecular formula is C14H14BClN2O3. The lowest BCUT2D eigenvalue weighted by atomic mass is 9.79. The van der Waals surface area contributed by atoms with Gasteiger partial charge in [-0.25, -0.2) is 0 Å². The average molecular weight is 305 g/mol. The van der Waals surface area contributed by atoms with Gasteiger partial charge in [0, 0.05) is 18.9 Å². The minimum atomic E-state index is -0.742. The molecule has 1 aromatic carbocycles. The third-order valence-electron chi connectivity index (χ3n) is 3.00. The Labute approximate surface area is 128 Å². The zero-order valence-corrected chi connectivity index (χ0v) is 12.2. The molecule has 0 fully saturated rings. The van der Waals surface area contributed by atoms with Crippen molar-refractivity contribution in [2.24, 2.45) is 0 Å². The highest BCUT2D eigenvalue weighted by atomic mass is 35.5. The molecule has 108 valence electrons. The van der Waals surface area contributed by atoms with Crippen LogP contribution in [0, 0.1) is 0 Å². The first kappa shape index (κ1) is 15.5. The van der Waals surface area contributed by atoms with E-state index in [1.807, 2.05) is 25.2 Å². The molecule has 7 heteroatoms. The van der Waals surface area contributed by atoms with E-state index >= 15 is 0 Å². The molecule has 0 aliphatic carbocycles. The number of nitrogens with zero attached hydrogens (tertiary/aromatic N) is 1. The van der Waals surface area contributed by atoms with Gasteiger partial charge in [0.25, 0.3) is 0 Å². The monoisotopic (exact) mass is 304 g/mol. The number of carbonyl (C=O) groups excluding carboxylic acids is 1. The Kier molecular flexibility index (Phi) is 5.33. The first-order valence-electron chi connectivity index (χ1n) is 6.31. The molecule has 0 bridgehead atoms. The Bertz CT molecular complexity index is 639. The number of rotatable bonds is 2. The number of aldehydes is 1. The third kappa shape index (κ3) is 3.82. The first-order valence-corrected chi connectivity index (χ1v) is 6.69. The van der Waals surface area contributed by atoms with Gasteiger partial charge < -0.3 is 15.0 Å². The van der Waals surface area contributed by atoms with Crippen molar-refractivity contribution >= 4 is 36.2 Å². The van der Waals surface area contributed by atoms with Crippen LogP contribution in [0.25, 0.3) is 0 Å². The topological polar surface area (TPSA) is 71.4 Å².